The maximum atomic E-state index is 0. The number of hydrogen-bond donors (Lipinski definition) is 0. The average molecular weight is 139 g/mol. The second-order valence-electron chi connectivity index (χ2n) is 0. The third-order valence-corrected chi connectivity index (χ3v) is 0. The van der Waals surface area contributed by atoms with Crippen molar-refractivity contribution in [3.05, 3.63) is 0 Å². The molecule has 0 aliphatic rings. The van der Waals surface area contributed by atoms with Gasteiger partial charge in [-0.15, -0.1) is 0 Å². The molecule has 0 bridgehead atoms. The Bertz CT molecular complexity index is 6.00. The molecule has 2 nitrogen and oxygen atoms in total. The van der Waals surface area contributed by atoms with Gasteiger partial charge in [-0.05, 0) is 0 Å². The molecule has 0 aliphatic carbocycles. The second-order valence-corrected chi connectivity index (χ2v) is 0. The van der Waals surface area contributed by atoms with Gasteiger partial charge in [0.25, 0.3) is 0 Å². The van der Waals surface area contributed by atoms with Crippen LogP contribution in [0.3, 0.4) is 0 Å². The molecule has 0 aromatic carbocycles. The van der Waals surface area contributed by atoms with Gasteiger partial charge in [-0.25, -0.2) is 0 Å². The van der Waals surface area contributed by atoms with Crippen LogP contribution in [0.5, 0.6) is 0 Å². The second kappa shape index (κ2) is 21.4. The van der Waals surface area contributed by atoms with Crippen molar-refractivity contribution in [2.45, 2.75) is 0 Å². The predicted octanol–water partition coefficient (Wildman–Crippen LogP) is -0.737. The van der Waals surface area contributed by atoms with E-state index >= 15 is 0 Å². The summed E-state index contributed by atoms with van der Waals surface area (Å²) in [7, 11) is 0. The summed E-state index contributed by atoms with van der Waals surface area (Å²) in [5.41, 5.74) is 0. The van der Waals surface area contributed by atoms with Gasteiger partial charge >= 0.3 is 37.7 Å². The molecule has 4 heteroatoms. The first-order valence-corrected chi connectivity index (χ1v) is 0. The van der Waals surface area contributed by atoms with E-state index in [-0.39, 0.29) is 68.2 Å². The topological polar surface area (TPSA) is 60.0 Å². The van der Waals surface area contributed by atoms with Crippen molar-refractivity contribution in [3.8, 4) is 0 Å². The van der Waals surface area contributed by atoms with Crippen LogP contribution in [0.1, 0.15) is 0 Å². The van der Waals surface area contributed by atoms with E-state index in [1.807, 2.05) is 0 Å². The van der Waals surface area contributed by atoms with Crippen LogP contribution in [0.4, 0.5) is 0 Å². The zero-order valence-electron chi connectivity index (χ0n) is 2.31. The molecular formula is H2CaO2Zn. The summed E-state index contributed by atoms with van der Waals surface area (Å²) in [4.78, 5) is 0. The van der Waals surface area contributed by atoms with Crippen LogP contribution in [-0.2, 0) is 19.5 Å². The summed E-state index contributed by atoms with van der Waals surface area (Å²) in [6.07, 6.45) is 0. The van der Waals surface area contributed by atoms with Crippen LogP contribution >= 0.6 is 0 Å². The Hall–Kier alpha value is 1.80. The van der Waals surface area contributed by atoms with Gasteiger partial charge in [-0.3, -0.25) is 0 Å². The molecule has 0 saturated heterocycles. The van der Waals surface area contributed by atoms with Crippen LogP contribution in [0.25, 0.3) is 0 Å². The Kier molecular flexibility index (Phi) is 220. The molecule has 0 rings (SSSR count). The Labute approximate surface area is 67.3 Å². The molecule has 0 heterocycles. The average Bonchev–Trinajstić information content (AvgIpc) is 0. The molecular weight excluding hydrogens is 137 g/mol. The van der Waals surface area contributed by atoms with Gasteiger partial charge in [0.05, 0.1) is 0 Å². The van der Waals surface area contributed by atoms with Gasteiger partial charge in [-0.1, -0.05) is 0 Å². The van der Waals surface area contributed by atoms with E-state index in [0.717, 1.165) is 0 Å². The Morgan fingerprint density at radius 1 is 0.750 bits per heavy atom. The van der Waals surface area contributed by atoms with Crippen LogP contribution < -0.4 is 0 Å². The van der Waals surface area contributed by atoms with E-state index in [0.29, 0.717) is 0 Å². The monoisotopic (exact) mass is 138 g/mol. The third kappa shape index (κ3) is 9.19. The van der Waals surface area contributed by atoms with Crippen LogP contribution in [0.2, 0.25) is 0 Å². The fourth-order valence-corrected chi connectivity index (χ4v) is 0. The first-order valence-electron chi connectivity index (χ1n) is 0. The Balaban J connectivity index is 0. The van der Waals surface area contributed by atoms with Gasteiger partial charge in [0, 0.05) is 19.5 Å². The molecule has 4 heavy (non-hydrogen) atoms. The van der Waals surface area contributed by atoms with Crippen molar-refractivity contribution < 1.29 is 30.4 Å². The molecule has 0 saturated carbocycles. The first-order chi connectivity index (χ1) is 0. The molecule has 0 fully saturated rings. The molecule has 0 aromatic rings. The summed E-state index contributed by atoms with van der Waals surface area (Å²) in [5.74, 6) is 0. The Morgan fingerprint density at radius 2 is 0.750 bits per heavy atom. The molecule has 0 unspecified atom stereocenters. The smallest absolute Gasteiger partial charge is 0.870 e. The van der Waals surface area contributed by atoms with Crippen molar-refractivity contribution in [2.24, 2.45) is 0 Å². The molecule has 0 aliphatic heterocycles. The quantitative estimate of drug-likeness (QED) is 0.415. The third-order valence-electron chi connectivity index (χ3n) is 0. The fourth-order valence-electron chi connectivity index (χ4n) is 0. The zero-order valence-corrected chi connectivity index (χ0v) is 7.48. The molecule has 0 atom stereocenters. The molecule has 0 aromatic heterocycles. The van der Waals surface area contributed by atoms with E-state index in [9.17, 15) is 0 Å². The summed E-state index contributed by atoms with van der Waals surface area (Å²) in [5, 5.41) is 0. The van der Waals surface area contributed by atoms with Crippen molar-refractivity contribution in [1.82, 2.24) is 0 Å². The minimum atomic E-state index is 0. The van der Waals surface area contributed by atoms with Crippen LogP contribution in [0.15, 0.2) is 0 Å². The summed E-state index contributed by atoms with van der Waals surface area (Å²) in [6.45, 7) is 0. The van der Waals surface area contributed by atoms with Gasteiger partial charge < -0.3 is 11.0 Å². The van der Waals surface area contributed by atoms with Gasteiger partial charge in [0.1, 0.15) is 0 Å². The predicted molar refractivity (Wildman–Crippen MR) is 9.63 cm³/mol. The number of rotatable bonds is 0. The van der Waals surface area contributed by atoms with Crippen LogP contribution in [0, 0.1) is 0 Å². The van der Waals surface area contributed by atoms with E-state index < -0.39 is 0 Å². The maximum absolute atomic E-state index is 0. The minimum Gasteiger partial charge on any atom is -0.870 e. The molecule has 0 amide bonds. The molecule has 2 N–H and O–H groups in total. The first kappa shape index (κ1) is 41.2. The van der Waals surface area contributed by atoms with E-state index in [1.165, 1.54) is 0 Å². The summed E-state index contributed by atoms with van der Waals surface area (Å²) in [6, 6.07) is 0. The molecule has 0 radical (unpaired) electrons. The number of hydrogen-bond acceptors (Lipinski definition) is 2. The van der Waals surface area contributed by atoms with Gasteiger partial charge in [0.2, 0.25) is 0 Å². The summed E-state index contributed by atoms with van der Waals surface area (Å²) >= 11 is 0. The van der Waals surface area contributed by atoms with Gasteiger partial charge in [-0.2, -0.15) is 0 Å². The molecule has 18 valence electrons. The summed E-state index contributed by atoms with van der Waals surface area (Å²) < 4.78 is 0. The van der Waals surface area contributed by atoms with Crippen molar-refractivity contribution in [3.63, 3.8) is 0 Å². The van der Waals surface area contributed by atoms with Crippen molar-refractivity contribution in [1.29, 1.82) is 0 Å². The van der Waals surface area contributed by atoms with E-state index in [1.54, 1.807) is 0 Å². The van der Waals surface area contributed by atoms with Crippen molar-refractivity contribution >= 4 is 37.7 Å². The van der Waals surface area contributed by atoms with Crippen molar-refractivity contribution in [2.75, 3.05) is 0 Å². The SMILES string of the molecule is [Ca+2].[OH-].[OH-].[Zn]. The largest absolute Gasteiger partial charge is 2.00 e. The maximum Gasteiger partial charge on any atom is 2.00 e. The Morgan fingerprint density at radius 3 is 0.750 bits per heavy atom. The van der Waals surface area contributed by atoms with E-state index in [4.69, 9.17) is 0 Å². The minimum absolute atomic E-state index is 0. The van der Waals surface area contributed by atoms with Gasteiger partial charge in [0.15, 0.2) is 0 Å². The fraction of sp³-hybridized carbons (Fsp3) is 0. The van der Waals surface area contributed by atoms with E-state index in [2.05, 4.69) is 0 Å². The normalized spacial score (nSPS) is 0. The zero-order chi connectivity index (χ0) is 0. The van der Waals surface area contributed by atoms with Crippen LogP contribution in [-0.4, -0.2) is 48.7 Å². The standard InChI is InChI=1S/Ca.2H2O.Zn/h;2*1H2;/q+2;;;/p-2. The molecule has 0 spiro atoms.